The number of nitrogens with one attached hydrogen (secondary N) is 1. The first-order chi connectivity index (χ1) is 8.78. The average molecular weight is 289 g/mol. The van der Waals surface area contributed by atoms with Gasteiger partial charge in [-0.2, -0.15) is 4.62 Å². The van der Waals surface area contributed by atoms with Crippen LogP contribution >= 0.6 is 7.82 Å². The van der Waals surface area contributed by atoms with E-state index < -0.39 is 13.7 Å². The first-order valence-corrected chi connectivity index (χ1v) is 7.40. The number of carbonyl (C=O) groups is 1. The number of carbonyl (C=O) groups excluding carboxylic acids is 1. The largest absolute Gasteiger partial charge is 0.491 e. The molecule has 1 rings (SSSR count). The fraction of sp³-hybridized carbons (Fsp3) is 0.417. The molecule has 0 heterocycles. The molecule has 0 aliphatic carbocycles. The van der Waals surface area contributed by atoms with Gasteiger partial charge in [0.05, 0.1) is 0 Å². The molecule has 0 aromatic heterocycles. The number of amides is 1. The second kappa shape index (κ2) is 8.82. The van der Waals surface area contributed by atoms with Gasteiger partial charge in [-0.05, 0) is 24.0 Å². The fourth-order valence-corrected chi connectivity index (χ4v) is 1.38. The third-order valence-electron chi connectivity index (χ3n) is 2.15. The third-order valence-corrected chi connectivity index (χ3v) is 2.48. The summed E-state index contributed by atoms with van der Waals surface area (Å²) in [5, 5.41) is 0. The van der Waals surface area contributed by atoms with E-state index in [0.29, 0.717) is 0 Å². The van der Waals surface area contributed by atoms with Crippen molar-refractivity contribution in [1.29, 1.82) is 0 Å². The lowest BCUT2D eigenvalue weighted by atomic mass is 10.1. The van der Waals surface area contributed by atoms with Gasteiger partial charge in [-0.25, -0.2) is 10.0 Å². The van der Waals surface area contributed by atoms with Crippen molar-refractivity contribution in [2.45, 2.75) is 33.6 Å². The summed E-state index contributed by atoms with van der Waals surface area (Å²) in [5.74, 6) is -0.668. The van der Waals surface area contributed by atoms with E-state index in [9.17, 15) is 9.36 Å². The molecule has 0 spiro atoms. The van der Waals surface area contributed by atoms with E-state index in [1.54, 1.807) is 0 Å². The Morgan fingerprint density at radius 1 is 1.16 bits per heavy atom. The highest BCUT2D eigenvalue weighted by atomic mass is 31.2. The number of phosphoric acid groups is 1. The van der Waals surface area contributed by atoms with Crippen molar-refractivity contribution >= 4 is 13.7 Å². The molecule has 3 N–H and O–H groups in total. The van der Waals surface area contributed by atoms with Crippen LogP contribution in [-0.2, 0) is 26.8 Å². The zero-order valence-electron chi connectivity index (χ0n) is 11.3. The first-order valence-electron chi connectivity index (χ1n) is 5.87. The highest BCUT2D eigenvalue weighted by Gasteiger charge is 2.14. The van der Waals surface area contributed by atoms with Gasteiger partial charge in [0, 0.05) is 6.92 Å². The number of hydrogen-bond acceptors (Lipinski definition) is 3. The van der Waals surface area contributed by atoms with Crippen molar-refractivity contribution in [3.8, 4) is 0 Å². The van der Waals surface area contributed by atoms with Crippen molar-refractivity contribution < 1.29 is 23.8 Å². The minimum atomic E-state index is -4.55. The van der Waals surface area contributed by atoms with Crippen molar-refractivity contribution in [2.75, 3.05) is 0 Å². The lowest BCUT2D eigenvalue weighted by Crippen LogP contribution is -2.18. The maximum Gasteiger partial charge on any atom is 0.491 e. The molecular formula is C12H20NO5P. The minimum Gasteiger partial charge on any atom is -0.301 e. The number of hydroxylamine groups is 1. The Kier molecular flexibility index (Phi) is 8.27. The summed E-state index contributed by atoms with van der Waals surface area (Å²) in [5.41, 5.74) is 4.34. The van der Waals surface area contributed by atoms with E-state index >= 15 is 0 Å². The molecule has 0 aliphatic rings. The maximum atomic E-state index is 9.91. The Hall–Kier alpha value is -1.20. The molecule has 1 aromatic rings. The number of hydrogen-bond donors (Lipinski definition) is 3. The molecule has 0 saturated heterocycles. The molecule has 0 atom stereocenters. The van der Waals surface area contributed by atoms with E-state index in [1.807, 2.05) is 0 Å². The fourth-order valence-electron chi connectivity index (χ4n) is 1.13. The monoisotopic (exact) mass is 289 g/mol. The Morgan fingerprint density at radius 3 is 1.68 bits per heavy atom. The molecule has 0 bridgehead atoms. The summed E-state index contributed by atoms with van der Waals surface area (Å²) >= 11 is 0. The van der Waals surface area contributed by atoms with Crippen molar-refractivity contribution in [1.82, 2.24) is 5.48 Å². The van der Waals surface area contributed by atoms with Crippen LogP contribution in [0, 0.1) is 0 Å². The van der Waals surface area contributed by atoms with Crippen LogP contribution in [0.5, 0.6) is 0 Å². The SMILES string of the molecule is CC(=O)NOP(=O)(O)O.CCc1ccc(CC)cc1. The predicted octanol–water partition coefficient (Wildman–Crippen LogP) is 1.96. The van der Waals surface area contributed by atoms with Gasteiger partial charge in [-0.15, -0.1) is 0 Å². The van der Waals surface area contributed by atoms with Gasteiger partial charge < -0.3 is 9.79 Å². The van der Waals surface area contributed by atoms with Crippen LogP contribution < -0.4 is 5.48 Å². The predicted molar refractivity (Wildman–Crippen MR) is 72.1 cm³/mol. The van der Waals surface area contributed by atoms with E-state index in [-0.39, 0.29) is 0 Å². The van der Waals surface area contributed by atoms with Gasteiger partial charge >= 0.3 is 7.82 Å². The molecule has 19 heavy (non-hydrogen) atoms. The minimum absolute atomic E-state index is 0.668. The van der Waals surface area contributed by atoms with E-state index in [0.717, 1.165) is 19.8 Å². The van der Waals surface area contributed by atoms with Crippen LogP contribution in [0.15, 0.2) is 24.3 Å². The summed E-state index contributed by atoms with van der Waals surface area (Å²) in [6.45, 7) is 5.43. The molecule has 0 unspecified atom stereocenters. The quantitative estimate of drug-likeness (QED) is 0.581. The molecule has 6 nitrogen and oxygen atoms in total. The second-order valence-corrected chi connectivity index (χ2v) is 4.93. The van der Waals surface area contributed by atoms with Crippen LogP contribution in [0.3, 0.4) is 0 Å². The summed E-state index contributed by atoms with van der Waals surface area (Å²) in [6.07, 6.45) is 2.29. The summed E-state index contributed by atoms with van der Waals surface area (Å²) < 4.78 is 13.4. The molecule has 0 saturated carbocycles. The van der Waals surface area contributed by atoms with Gasteiger partial charge in [0.2, 0.25) is 5.91 Å². The van der Waals surface area contributed by atoms with Crippen molar-refractivity contribution in [3.05, 3.63) is 35.4 Å². The van der Waals surface area contributed by atoms with Crippen LogP contribution in [0.25, 0.3) is 0 Å². The van der Waals surface area contributed by atoms with E-state index in [4.69, 9.17) is 9.79 Å². The van der Waals surface area contributed by atoms with Crippen LogP contribution in [0.4, 0.5) is 0 Å². The van der Waals surface area contributed by atoms with Crippen LogP contribution in [0.2, 0.25) is 0 Å². The zero-order chi connectivity index (χ0) is 14.9. The van der Waals surface area contributed by atoms with E-state index in [1.165, 1.54) is 16.6 Å². The molecule has 0 fully saturated rings. The third kappa shape index (κ3) is 10.4. The van der Waals surface area contributed by atoms with Gasteiger partial charge in [-0.3, -0.25) is 4.79 Å². The highest BCUT2D eigenvalue weighted by molar-refractivity contribution is 7.46. The maximum absolute atomic E-state index is 9.91. The Labute approximate surface area is 113 Å². The summed E-state index contributed by atoms with van der Waals surface area (Å²) in [7, 11) is -4.55. The second-order valence-electron chi connectivity index (χ2n) is 3.76. The van der Waals surface area contributed by atoms with Gasteiger partial charge in [0.1, 0.15) is 0 Å². The van der Waals surface area contributed by atoms with Gasteiger partial charge in [0.15, 0.2) is 0 Å². The van der Waals surface area contributed by atoms with Crippen molar-refractivity contribution in [2.24, 2.45) is 0 Å². The zero-order valence-corrected chi connectivity index (χ0v) is 12.2. The van der Waals surface area contributed by atoms with Gasteiger partial charge in [-0.1, -0.05) is 38.1 Å². The Balaban J connectivity index is 0.000000344. The number of rotatable bonds is 4. The number of benzene rings is 1. The topological polar surface area (TPSA) is 95.9 Å². The first kappa shape index (κ1) is 17.8. The molecule has 0 radical (unpaired) electrons. The smallest absolute Gasteiger partial charge is 0.301 e. The summed E-state index contributed by atoms with van der Waals surface area (Å²) in [4.78, 5) is 25.8. The molecule has 108 valence electrons. The van der Waals surface area contributed by atoms with Gasteiger partial charge in [0.25, 0.3) is 0 Å². The Bertz CT molecular complexity index is 403. The highest BCUT2D eigenvalue weighted by Crippen LogP contribution is 2.33. The lowest BCUT2D eigenvalue weighted by molar-refractivity contribution is -0.126. The Morgan fingerprint density at radius 2 is 1.53 bits per heavy atom. The lowest BCUT2D eigenvalue weighted by Gasteiger charge is -2.01. The van der Waals surface area contributed by atoms with Crippen LogP contribution in [-0.4, -0.2) is 15.7 Å². The molecule has 1 aromatic carbocycles. The van der Waals surface area contributed by atoms with Crippen LogP contribution in [0.1, 0.15) is 31.9 Å². The molecule has 7 heteroatoms. The summed E-state index contributed by atoms with van der Waals surface area (Å²) in [6, 6.07) is 8.83. The molecular weight excluding hydrogens is 269 g/mol. The number of aryl methyl sites for hydroxylation is 2. The average Bonchev–Trinajstić information content (AvgIpc) is 2.36. The molecule has 1 amide bonds. The van der Waals surface area contributed by atoms with E-state index in [2.05, 4.69) is 42.7 Å². The molecule has 0 aliphatic heterocycles. The van der Waals surface area contributed by atoms with Crippen molar-refractivity contribution in [3.63, 3.8) is 0 Å². The normalized spacial score (nSPS) is 10.4. The standard InChI is InChI=1S/C10H14.C2H6NO5P/c1-3-9-5-7-10(4-2)8-6-9;1-2(4)3-8-9(5,6)7/h5-8H,3-4H2,1-2H3;1H3,(H,3,4)(H2,5,6,7).